The first-order valence-electron chi connectivity index (χ1n) is 7.51. The number of esters is 1. The molecule has 0 saturated carbocycles. The van der Waals surface area contributed by atoms with Gasteiger partial charge >= 0.3 is 5.97 Å². The number of nitro groups is 1. The topological polar surface area (TPSA) is 134 Å². The van der Waals surface area contributed by atoms with Crippen molar-refractivity contribution in [3.8, 4) is 5.75 Å². The molecular weight excluding hydrogens is 342 g/mol. The van der Waals surface area contributed by atoms with Crippen molar-refractivity contribution in [2.24, 2.45) is 0 Å². The van der Waals surface area contributed by atoms with E-state index in [1.165, 1.54) is 12.1 Å². The van der Waals surface area contributed by atoms with Crippen LogP contribution in [0.2, 0.25) is 0 Å². The molecule has 0 aromatic heterocycles. The molecule has 0 fully saturated rings. The van der Waals surface area contributed by atoms with Gasteiger partial charge in [0.25, 0.3) is 11.6 Å². The van der Waals surface area contributed by atoms with Gasteiger partial charge in [0.2, 0.25) is 0 Å². The molecule has 0 aliphatic carbocycles. The fourth-order valence-electron chi connectivity index (χ4n) is 2.04. The number of hydrogen-bond acceptors (Lipinski definition) is 7. The first-order chi connectivity index (χ1) is 12.4. The molecule has 0 spiro atoms. The monoisotopic (exact) mass is 359 g/mol. The minimum Gasteiger partial charge on any atom is -0.497 e. The molecule has 9 heteroatoms. The van der Waals surface area contributed by atoms with Gasteiger partial charge in [0.1, 0.15) is 5.75 Å². The number of hydrogen-bond donors (Lipinski definition) is 2. The molecule has 0 unspecified atom stereocenters. The number of methoxy groups -OCH3 is 1. The van der Waals surface area contributed by atoms with Gasteiger partial charge in [-0.3, -0.25) is 14.9 Å². The summed E-state index contributed by atoms with van der Waals surface area (Å²) in [5.74, 6) is -0.729. The summed E-state index contributed by atoms with van der Waals surface area (Å²) in [7, 11) is 1.55. The van der Waals surface area contributed by atoms with Crippen LogP contribution in [0.5, 0.6) is 5.75 Å². The number of carbonyl (C=O) groups is 2. The van der Waals surface area contributed by atoms with Crippen LogP contribution in [-0.4, -0.2) is 30.5 Å². The van der Waals surface area contributed by atoms with Gasteiger partial charge in [-0.05, 0) is 23.8 Å². The summed E-state index contributed by atoms with van der Waals surface area (Å²) in [6, 6.07) is 10.5. The number of carbonyl (C=O) groups excluding carboxylic acids is 2. The predicted molar refractivity (Wildman–Crippen MR) is 92.6 cm³/mol. The fraction of sp³-hybridized carbons (Fsp3) is 0.176. The van der Waals surface area contributed by atoms with E-state index in [1.54, 1.807) is 31.4 Å². The predicted octanol–water partition coefficient (Wildman–Crippen LogP) is 1.66. The Bertz CT molecular complexity index is 820. The van der Waals surface area contributed by atoms with Crippen LogP contribution >= 0.6 is 0 Å². The number of nitrogen functional groups attached to an aromatic ring is 1. The van der Waals surface area contributed by atoms with Crippen molar-refractivity contribution in [2.45, 2.75) is 6.54 Å². The van der Waals surface area contributed by atoms with Crippen LogP contribution in [0.4, 0.5) is 11.4 Å². The summed E-state index contributed by atoms with van der Waals surface area (Å²) >= 11 is 0. The maximum absolute atomic E-state index is 12.0. The largest absolute Gasteiger partial charge is 0.497 e. The van der Waals surface area contributed by atoms with Crippen molar-refractivity contribution < 1.29 is 24.0 Å². The van der Waals surface area contributed by atoms with E-state index in [9.17, 15) is 19.7 Å². The third kappa shape index (κ3) is 4.94. The molecule has 0 atom stereocenters. The highest BCUT2D eigenvalue weighted by atomic mass is 16.6. The van der Waals surface area contributed by atoms with Crippen LogP contribution in [0.15, 0.2) is 42.5 Å². The normalized spacial score (nSPS) is 10.0. The lowest BCUT2D eigenvalue weighted by atomic mass is 10.1. The molecule has 2 aromatic carbocycles. The maximum Gasteiger partial charge on any atom is 0.341 e. The van der Waals surface area contributed by atoms with Crippen molar-refractivity contribution in [1.29, 1.82) is 0 Å². The summed E-state index contributed by atoms with van der Waals surface area (Å²) < 4.78 is 9.89. The molecular formula is C17H17N3O6. The van der Waals surface area contributed by atoms with Gasteiger partial charge in [0, 0.05) is 24.4 Å². The Kier molecular flexibility index (Phi) is 6.10. The molecule has 0 heterocycles. The average Bonchev–Trinajstić information content (AvgIpc) is 2.65. The van der Waals surface area contributed by atoms with E-state index in [0.29, 0.717) is 5.75 Å². The Morgan fingerprint density at radius 1 is 1.19 bits per heavy atom. The maximum atomic E-state index is 12.0. The van der Waals surface area contributed by atoms with Gasteiger partial charge < -0.3 is 20.5 Å². The van der Waals surface area contributed by atoms with E-state index < -0.39 is 23.4 Å². The molecule has 9 nitrogen and oxygen atoms in total. The number of amides is 1. The molecule has 2 aromatic rings. The highest BCUT2D eigenvalue weighted by Gasteiger charge is 2.17. The van der Waals surface area contributed by atoms with E-state index in [4.69, 9.17) is 15.2 Å². The zero-order valence-corrected chi connectivity index (χ0v) is 13.9. The number of nitrogens with two attached hydrogens (primary N) is 1. The molecule has 0 aliphatic rings. The van der Waals surface area contributed by atoms with Crippen molar-refractivity contribution in [2.75, 3.05) is 19.5 Å². The van der Waals surface area contributed by atoms with Crippen molar-refractivity contribution in [1.82, 2.24) is 5.32 Å². The minimum atomic E-state index is -0.911. The average molecular weight is 359 g/mol. The van der Waals surface area contributed by atoms with Crippen LogP contribution < -0.4 is 15.8 Å². The Morgan fingerprint density at radius 3 is 2.50 bits per heavy atom. The Morgan fingerprint density at radius 2 is 1.88 bits per heavy atom. The minimum absolute atomic E-state index is 0.0271. The van der Waals surface area contributed by atoms with Gasteiger partial charge in [-0.25, -0.2) is 4.79 Å². The van der Waals surface area contributed by atoms with Gasteiger partial charge in [-0.15, -0.1) is 0 Å². The van der Waals surface area contributed by atoms with E-state index in [-0.39, 0.29) is 23.5 Å². The molecule has 26 heavy (non-hydrogen) atoms. The van der Waals surface area contributed by atoms with E-state index in [2.05, 4.69) is 5.32 Å². The van der Waals surface area contributed by atoms with Crippen molar-refractivity contribution in [3.63, 3.8) is 0 Å². The molecule has 2 rings (SSSR count). The molecule has 0 bridgehead atoms. The van der Waals surface area contributed by atoms with Crippen molar-refractivity contribution in [3.05, 3.63) is 63.7 Å². The lowest BCUT2D eigenvalue weighted by molar-refractivity contribution is -0.384. The third-order valence-corrected chi connectivity index (χ3v) is 3.45. The number of anilines is 1. The molecule has 3 N–H and O–H groups in total. The van der Waals surface area contributed by atoms with Gasteiger partial charge in [0.15, 0.2) is 6.61 Å². The molecule has 0 aliphatic heterocycles. The lowest BCUT2D eigenvalue weighted by Gasteiger charge is -2.08. The SMILES string of the molecule is COc1ccc(CNC(=O)COC(=O)c2cc([N+](=O)[O-])ccc2N)cc1. The summed E-state index contributed by atoms with van der Waals surface area (Å²) in [6.07, 6.45) is 0. The van der Waals surface area contributed by atoms with Gasteiger partial charge in [0.05, 0.1) is 17.6 Å². The second-order valence-corrected chi connectivity index (χ2v) is 5.23. The second-order valence-electron chi connectivity index (χ2n) is 5.23. The van der Waals surface area contributed by atoms with Crippen LogP contribution in [0.3, 0.4) is 0 Å². The fourth-order valence-corrected chi connectivity index (χ4v) is 2.04. The molecule has 0 radical (unpaired) electrons. The molecule has 0 saturated heterocycles. The van der Waals surface area contributed by atoms with Crippen molar-refractivity contribution >= 4 is 23.3 Å². The Hall–Kier alpha value is -3.62. The Balaban J connectivity index is 1.87. The number of non-ortho nitro benzene ring substituents is 1. The second kappa shape index (κ2) is 8.47. The van der Waals surface area contributed by atoms with Gasteiger partial charge in [-0.1, -0.05) is 12.1 Å². The van der Waals surface area contributed by atoms with Crippen LogP contribution in [0.25, 0.3) is 0 Å². The number of rotatable bonds is 7. The van der Waals surface area contributed by atoms with E-state index in [1.807, 2.05) is 0 Å². The number of nitrogens with one attached hydrogen (secondary N) is 1. The zero-order valence-electron chi connectivity index (χ0n) is 13.9. The summed E-state index contributed by atoms with van der Waals surface area (Å²) in [4.78, 5) is 33.9. The zero-order chi connectivity index (χ0) is 19.1. The first kappa shape index (κ1) is 18.7. The van der Waals surface area contributed by atoms with Crippen LogP contribution in [0.1, 0.15) is 15.9 Å². The molecule has 1 amide bonds. The van der Waals surface area contributed by atoms with Gasteiger partial charge in [-0.2, -0.15) is 0 Å². The van der Waals surface area contributed by atoms with Crippen LogP contribution in [-0.2, 0) is 16.1 Å². The summed E-state index contributed by atoms with van der Waals surface area (Å²) in [5, 5.41) is 13.3. The smallest absolute Gasteiger partial charge is 0.341 e. The number of nitro benzene ring substituents is 1. The number of benzene rings is 2. The number of nitrogens with zero attached hydrogens (tertiary/aromatic N) is 1. The first-order valence-corrected chi connectivity index (χ1v) is 7.51. The van der Waals surface area contributed by atoms with E-state index >= 15 is 0 Å². The quantitative estimate of drug-likeness (QED) is 0.332. The standard InChI is InChI=1S/C17H17N3O6/c1-25-13-5-2-11(3-6-13)9-19-16(21)10-26-17(22)14-8-12(20(23)24)4-7-15(14)18/h2-8H,9-10,18H2,1H3,(H,19,21). The Labute approximate surface area is 148 Å². The molecule has 136 valence electrons. The summed E-state index contributed by atoms with van der Waals surface area (Å²) in [5.41, 5.74) is 6.03. The third-order valence-electron chi connectivity index (χ3n) is 3.45. The summed E-state index contributed by atoms with van der Waals surface area (Å²) in [6.45, 7) is -0.281. The highest BCUT2D eigenvalue weighted by molar-refractivity contribution is 5.96. The van der Waals surface area contributed by atoms with E-state index in [0.717, 1.165) is 11.6 Å². The lowest BCUT2D eigenvalue weighted by Crippen LogP contribution is -2.28. The van der Waals surface area contributed by atoms with Crippen LogP contribution in [0, 0.1) is 10.1 Å². The number of ether oxygens (including phenoxy) is 2. The highest BCUT2D eigenvalue weighted by Crippen LogP contribution is 2.20.